The van der Waals surface area contributed by atoms with Crippen LogP contribution in [0, 0.1) is 0 Å². The number of aromatic nitrogens is 1. The van der Waals surface area contributed by atoms with Crippen LogP contribution in [0.5, 0.6) is 0 Å². The van der Waals surface area contributed by atoms with Crippen molar-refractivity contribution in [3.63, 3.8) is 0 Å². The summed E-state index contributed by atoms with van der Waals surface area (Å²) in [4.78, 5) is 29.2. The lowest BCUT2D eigenvalue weighted by Gasteiger charge is -2.20. The molecule has 0 bridgehead atoms. The van der Waals surface area contributed by atoms with Crippen LogP contribution >= 0.6 is 23.2 Å². The van der Waals surface area contributed by atoms with Gasteiger partial charge in [-0.25, -0.2) is 4.79 Å². The fourth-order valence-corrected chi connectivity index (χ4v) is 3.00. The van der Waals surface area contributed by atoms with Crippen LogP contribution in [0.15, 0.2) is 41.3 Å². The number of rotatable bonds is 1. The highest BCUT2D eigenvalue weighted by Gasteiger charge is 2.18. The van der Waals surface area contributed by atoms with Gasteiger partial charge in [0.05, 0.1) is 26.6 Å². The number of hydrogen-bond acceptors (Lipinski definition) is 4. The van der Waals surface area contributed by atoms with Crippen molar-refractivity contribution < 1.29 is 9.53 Å². The third-order valence-electron chi connectivity index (χ3n) is 3.59. The van der Waals surface area contributed by atoms with Crippen molar-refractivity contribution in [2.45, 2.75) is 26.4 Å². The molecule has 7 heteroatoms. The smallest absolute Gasteiger partial charge is 0.412 e. The molecule has 0 spiro atoms. The Hall–Kier alpha value is -2.37. The Balaban J connectivity index is 2.19. The molecule has 3 rings (SSSR count). The second-order valence-corrected chi connectivity index (χ2v) is 7.58. The molecule has 0 aliphatic rings. The first kappa shape index (κ1) is 18.4. The highest BCUT2D eigenvalue weighted by Crippen LogP contribution is 2.30. The summed E-state index contributed by atoms with van der Waals surface area (Å²) in [5.41, 5.74) is -0.164. The first-order chi connectivity index (χ1) is 12.2. The van der Waals surface area contributed by atoms with Crippen molar-refractivity contribution >= 4 is 56.7 Å². The Labute approximate surface area is 159 Å². The highest BCUT2D eigenvalue weighted by atomic mass is 35.5. The molecule has 0 fully saturated rings. The molecule has 1 amide bonds. The van der Waals surface area contributed by atoms with Crippen LogP contribution in [0.1, 0.15) is 20.8 Å². The van der Waals surface area contributed by atoms with E-state index in [1.54, 1.807) is 51.1 Å². The number of halogens is 2. The SMILES string of the molecule is CC(C)(C)OC(=O)Nc1ccc2ccc3ncc(Cl)cc3c(=O)c2c1Cl. The Morgan fingerprint density at radius 3 is 2.54 bits per heavy atom. The van der Waals surface area contributed by atoms with Crippen molar-refractivity contribution in [2.24, 2.45) is 0 Å². The Morgan fingerprint density at radius 2 is 1.85 bits per heavy atom. The molecule has 26 heavy (non-hydrogen) atoms. The summed E-state index contributed by atoms with van der Waals surface area (Å²) in [7, 11) is 0. The van der Waals surface area contributed by atoms with Gasteiger partial charge in [-0.3, -0.25) is 15.1 Å². The van der Waals surface area contributed by atoms with E-state index in [-0.39, 0.29) is 15.8 Å². The van der Waals surface area contributed by atoms with Crippen LogP contribution in [-0.2, 0) is 4.74 Å². The van der Waals surface area contributed by atoms with E-state index in [4.69, 9.17) is 27.9 Å². The van der Waals surface area contributed by atoms with E-state index in [1.165, 1.54) is 6.20 Å². The molecular formula is C19H16Cl2N2O3. The van der Waals surface area contributed by atoms with Gasteiger partial charge in [0, 0.05) is 11.6 Å². The van der Waals surface area contributed by atoms with Crippen LogP contribution in [0.4, 0.5) is 10.5 Å². The van der Waals surface area contributed by atoms with E-state index in [9.17, 15) is 9.59 Å². The van der Waals surface area contributed by atoms with Gasteiger partial charge in [0.25, 0.3) is 0 Å². The van der Waals surface area contributed by atoms with Gasteiger partial charge >= 0.3 is 6.09 Å². The number of fused-ring (bicyclic) bond motifs is 2. The molecule has 1 aromatic heterocycles. The van der Waals surface area contributed by atoms with Gasteiger partial charge in [-0.05, 0) is 44.4 Å². The molecule has 0 aliphatic carbocycles. The summed E-state index contributed by atoms with van der Waals surface area (Å²) in [5, 5.41) is 4.33. The molecule has 134 valence electrons. The molecule has 0 atom stereocenters. The minimum absolute atomic E-state index is 0.135. The fraction of sp³-hybridized carbons (Fsp3) is 0.211. The number of carbonyl (C=O) groups is 1. The van der Waals surface area contributed by atoms with Crippen molar-refractivity contribution in [1.82, 2.24) is 4.98 Å². The van der Waals surface area contributed by atoms with Crippen LogP contribution in [0.2, 0.25) is 10.0 Å². The molecule has 0 aliphatic heterocycles. The van der Waals surface area contributed by atoms with E-state index in [2.05, 4.69) is 10.3 Å². The number of nitrogens with zero attached hydrogens (tertiary/aromatic N) is 1. The maximum Gasteiger partial charge on any atom is 0.412 e. The molecule has 1 N–H and O–H groups in total. The van der Waals surface area contributed by atoms with Crippen LogP contribution < -0.4 is 10.7 Å². The summed E-state index contributed by atoms with van der Waals surface area (Å²) < 4.78 is 5.23. The monoisotopic (exact) mass is 390 g/mol. The lowest BCUT2D eigenvalue weighted by atomic mass is 10.1. The number of nitrogens with one attached hydrogen (secondary N) is 1. The summed E-state index contributed by atoms with van der Waals surface area (Å²) in [6.45, 7) is 5.27. The molecule has 1 heterocycles. The zero-order valence-electron chi connectivity index (χ0n) is 14.4. The van der Waals surface area contributed by atoms with Gasteiger partial charge < -0.3 is 4.74 Å². The van der Waals surface area contributed by atoms with Gasteiger partial charge in [-0.2, -0.15) is 0 Å². The summed E-state index contributed by atoms with van der Waals surface area (Å²) in [6, 6.07) is 8.36. The lowest BCUT2D eigenvalue weighted by Crippen LogP contribution is -2.27. The van der Waals surface area contributed by atoms with Gasteiger partial charge in [0.1, 0.15) is 5.60 Å². The molecular weight excluding hydrogens is 375 g/mol. The number of hydrogen-bond donors (Lipinski definition) is 1. The quantitative estimate of drug-likeness (QED) is 0.603. The zero-order valence-corrected chi connectivity index (χ0v) is 15.9. The van der Waals surface area contributed by atoms with E-state index >= 15 is 0 Å². The Kier molecular flexibility index (Phi) is 4.78. The van der Waals surface area contributed by atoms with Crippen LogP contribution in [0.25, 0.3) is 21.7 Å². The first-order valence-corrected chi connectivity index (χ1v) is 8.62. The van der Waals surface area contributed by atoms with Gasteiger partial charge in [0.2, 0.25) is 0 Å². The zero-order chi connectivity index (χ0) is 19.1. The predicted molar refractivity (Wildman–Crippen MR) is 105 cm³/mol. The highest BCUT2D eigenvalue weighted by molar-refractivity contribution is 6.38. The average Bonchev–Trinajstić information content (AvgIpc) is 2.66. The lowest BCUT2D eigenvalue weighted by molar-refractivity contribution is 0.0636. The second-order valence-electron chi connectivity index (χ2n) is 6.77. The van der Waals surface area contributed by atoms with Crippen LogP contribution in [0.3, 0.4) is 0 Å². The molecule has 5 nitrogen and oxygen atoms in total. The van der Waals surface area contributed by atoms with Crippen LogP contribution in [-0.4, -0.2) is 16.7 Å². The maximum absolute atomic E-state index is 13.0. The normalized spacial score (nSPS) is 11.6. The number of carbonyl (C=O) groups excluding carboxylic acids is 1. The summed E-state index contributed by atoms with van der Waals surface area (Å²) in [5.74, 6) is 0. The Bertz CT molecular complexity index is 1090. The van der Waals surface area contributed by atoms with Crippen molar-refractivity contribution in [3.05, 3.63) is 56.8 Å². The topological polar surface area (TPSA) is 68.3 Å². The Morgan fingerprint density at radius 1 is 1.15 bits per heavy atom. The minimum atomic E-state index is -0.652. The fourth-order valence-electron chi connectivity index (χ4n) is 2.54. The van der Waals surface area contributed by atoms with Crippen molar-refractivity contribution in [1.29, 1.82) is 0 Å². The standard InChI is InChI=1S/C19H16Cl2N2O3/c1-19(2,3)26-18(25)23-14-7-5-10-4-6-13-12(8-11(20)9-22-13)17(24)15(10)16(14)21/h4-9H,1-3H3,(H,23,25). The molecule has 3 aromatic rings. The third kappa shape index (κ3) is 3.74. The van der Waals surface area contributed by atoms with E-state index < -0.39 is 11.7 Å². The number of anilines is 1. The number of benzene rings is 1. The summed E-state index contributed by atoms with van der Waals surface area (Å²) >= 11 is 12.4. The molecule has 0 radical (unpaired) electrons. The first-order valence-electron chi connectivity index (χ1n) is 7.86. The largest absolute Gasteiger partial charge is 0.444 e. The molecule has 0 unspecified atom stereocenters. The van der Waals surface area contributed by atoms with E-state index in [1.807, 2.05) is 0 Å². The third-order valence-corrected chi connectivity index (χ3v) is 4.19. The number of amides is 1. The van der Waals surface area contributed by atoms with E-state index in [0.717, 1.165) is 0 Å². The van der Waals surface area contributed by atoms with Crippen molar-refractivity contribution in [2.75, 3.05) is 5.32 Å². The number of ether oxygens (including phenoxy) is 1. The minimum Gasteiger partial charge on any atom is -0.444 e. The van der Waals surface area contributed by atoms with Gasteiger partial charge in [-0.1, -0.05) is 35.3 Å². The van der Waals surface area contributed by atoms with Crippen molar-refractivity contribution in [3.8, 4) is 0 Å². The predicted octanol–water partition coefficient (Wildman–Crippen LogP) is 5.40. The maximum atomic E-state index is 13.0. The summed E-state index contributed by atoms with van der Waals surface area (Å²) in [6.07, 6.45) is 0.825. The molecule has 0 saturated heterocycles. The average molecular weight is 391 g/mol. The molecule has 0 saturated carbocycles. The van der Waals surface area contributed by atoms with Gasteiger partial charge in [0.15, 0.2) is 5.43 Å². The number of pyridine rings is 1. The molecule has 2 aromatic carbocycles. The second kappa shape index (κ2) is 6.74. The van der Waals surface area contributed by atoms with E-state index in [0.29, 0.717) is 27.0 Å². The van der Waals surface area contributed by atoms with Gasteiger partial charge in [-0.15, -0.1) is 0 Å².